The lowest BCUT2D eigenvalue weighted by molar-refractivity contribution is 0.846. The van der Waals surface area contributed by atoms with Crippen LogP contribution in [0, 0.1) is 5.41 Å². The molecule has 0 aliphatic heterocycles. The van der Waals surface area contributed by atoms with Crippen LogP contribution in [0.5, 0.6) is 0 Å². The van der Waals surface area contributed by atoms with Gasteiger partial charge in [0.2, 0.25) is 0 Å². The molecule has 0 saturated heterocycles. The topological polar surface area (TPSA) is 41.7 Å². The number of hydrogen-bond donors (Lipinski definition) is 1. The fraction of sp³-hybridized carbons (Fsp3) is 0.143. The highest BCUT2D eigenvalue weighted by Crippen LogP contribution is 2.10. The third-order valence-corrected chi connectivity index (χ3v) is 2.36. The Morgan fingerprint density at radius 3 is 3.00 bits per heavy atom. The molecule has 1 rings (SSSR count). The predicted octanol–water partition coefficient (Wildman–Crippen LogP) is 1.95. The van der Waals surface area contributed by atoms with E-state index in [9.17, 15) is 0 Å². The van der Waals surface area contributed by atoms with Crippen molar-refractivity contribution in [1.82, 2.24) is 9.55 Å². The van der Waals surface area contributed by atoms with E-state index in [1.165, 1.54) is 11.8 Å². The second-order valence-electron chi connectivity index (χ2n) is 2.01. The summed E-state index contributed by atoms with van der Waals surface area (Å²) in [7, 11) is 0. The first-order valence-corrected chi connectivity index (χ1v) is 5.20. The van der Waals surface area contributed by atoms with Gasteiger partial charge in [-0.1, -0.05) is 6.58 Å². The van der Waals surface area contributed by atoms with Crippen LogP contribution in [0.15, 0.2) is 22.4 Å². The summed E-state index contributed by atoms with van der Waals surface area (Å²) in [6, 6.07) is 0. The van der Waals surface area contributed by atoms with Gasteiger partial charge in [0.1, 0.15) is 9.63 Å². The molecule has 64 valence electrons. The van der Waals surface area contributed by atoms with Crippen LogP contribution in [0.4, 0.5) is 0 Å². The van der Waals surface area contributed by atoms with Crippen LogP contribution in [0.25, 0.3) is 6.20 Å². The van der Waals surface area contributed by atoms with Gasteiger partial charge in [-0.15, -0.1) is 11.8 Å². The maximum absolute atomic E-state index is 7.63. The Kier molecular flexibility index (Phi) is 3.11. The molecule has 3 nitrogen and oxygen atoms in total. The van der Waals surface area contributed by atoms with Crippen LogP contribution >= 0.6 is 27.7 Å². The highest BCUT2D eigenvalue weighted by Gasteiger charge is 2.00. The Labute approximate surface area is 83.2 Å². The third-order valence-electron chi connectivity index (χ3n) is 1.30. The second-order valence-corrected chi connectivity index (χ2v) is 3.62. The molecular weight excluding hydrogens is 238 g/mol. The predicted molar refractivity (Wildman–Crippen MR) is 53.9 cm³/mol. The summed E-state index contributed by atoms with van der Waals surface area (Å²) in [5, 5.41) is 8.32. The Morgan fingerprint density at radius 2 is 2.50 bits per heavy atom. The summed E-state index contributed by atoms with van der Waals surface area (Å²) in [5.41, 5.74) is 0.362. The van der Waals surface area contributed by atoms with Crippen molar-refractivity contribution in [3.05, 3.63) is 22.9 Å². The molecule has 5 heteroatoms. The molecule has 1 aromatic heterocycles. The zero-order valence-electron chi connectivity index (χ0n) is 6.54. The summed E-state index contributed by atoms with van der Waals surface area (Å²) in [4.78, 5) is 4.12. The van der Waals surface area contributed by atoms with Crippen LogP contribution in [-0.4, -0.2) is 15.8 Å². The Balaban J connectivity index is 3.42. The molecular formula is C7H8BrN3S. The maximum atomic E-state index is 7.63. The van der Waals surface area contributed by atoms with E-state index in [2.05, 4.69) is 27.5 Å². The smallest absolute Gasteiger partial charge is 0.162 e. The fourth-order valence-electron chi connectivity index (χ4n) is 0.755. The molecule has 0 unspecified atom stereocenters. The number of rotatable bonds is 2. The average Bonchev–Trinajstić information content (AvgIpc) is 2.08. The molecule has 0 radical (unpaired) electrons. The van der Waals surface area contributed by atoms with Gasteiger partial charge in [-0.05, 0) is 22.2 Å². The highest BCUT2D eigenvalue weighted by molar-refractivity contribution is 9.10. The molecule has 1 N–H and O–H groups in total. The van der Waals surface area contributed by atoms with Gasteiger partial charge in [0.25, 0.3) is 0 Å². The van der Waals surface area contributed by atoms with Crippen molar-refractivity contribution >= 4 is 33.9 Å². The van der Waals surface area contributed by atoms with E-state index in [0.29, 0.717) is 15.1 Å². The van der Waals surface area contributed by atoms with E-state index in [1.54, 1.807) is 17.0 Å². The lowest BCUT2D eigenvalue weighted by atomic mass is 10.6. The largest absolute Gasteiger partial charge is 0.305 e. The van der Waals surface area contributed by atoms with Crippen molar-refractivity contribution in [1.29, 1.82) is 5.41 Å². The van der Waals surface area contributed by atoms with E-state index in [4.69, 9.17) is 5.41 Å². The minimum atomic E-state index is 0.362. The zero-order valence-corrected chi connectivity index (χ0v) is 8.94. The number of aromatic nitrogens is 2. The molecule has 1 heterocycles. The van der Waals surface area contributed by atoms with Crippen molar-refractivity contribution in [2.75, 3.05) is 6.26 Å². The average molecular weight is 246 g/mol. The van der Waals surface area contributed by atoms with E-state index in [-0.39, 0.29) is 0 Å². The van der Waals surface area contributed by atoms with E-state index in [1.807, 2.05) is 6.26 Å². The standard InChI is InChI=1S/C7H8BrN3S/c1-3-11-4-5(8)10-7(12-2)6(11)9/h3-4,9H,1H2,2H3. The van der Waals surface area contributed by atoms with Gasteiger partial charge < -0.3 is 4.57 Å². The Bertz CT molecular complexity index is 358. The molecule has 12 heavy (non-hydrogen) atoms. The van der Waals surface area contributed by atoms with Gasteiger partial charge in [-0.3, -0.25) is 5.41 Å². The van der Waals surface area contributed by atoms with Crippen LogP contribution in [0.1, 0.15) is 0 Å². The summed E-state index contributed by atoms with van der Waals surface area (Å²) in [6.45, 7) is 3.59. The first-order valence-electron chi connectivity index (χ1n) is 3.19. The first kappa shape index (κ1) is 9.54. The molecule has 0 fully saturated rings. The van der Waals surface area contributed by atoms with Crippen LogP contribution in [-0.2, 0) is 0 Å². The van der Waals surface area contributed by atoms with Crippen molar-refractivity contribution in [2.24, 2.45) is 0 Å². The third kappa shape index (κ3) is 1.78. The van der Waals surface area contributed by atoms with Gasteiger partial charge in [-0.2, -0.15) is 0 Å². The number of halogens is 1. The molecule has 0 atom stereocenters. The molecule has 0 amide bonds. The molecule has 0 aromatic carbocycles. The normalized spacial score (nSPS) is 9.83. The van der Waals surface area contributed by atoms with E-state index < -0.39 is 0 Å². The van der Waals surface area contributed by atoms with Crippen LogP contribution in [0.2, 0.25) is 0 Å². The summed E-state index contributed by atoms with van der Waals surface area (Å²) in [5.74, 6) is 0. The number of thioether (sulfide) groups is 1. The monoisotopic (exact) mass is 245 g/mol. The molecule has 1 aromatic rings. The second kappa shape index (κ2) is 3.91. The quantitative estimate of drug-likeness (QED) is 0.810. The molecule has 0 saturated carbocycles. The summed E-state index contributed by atoms with van der Waals surface area (Å²) >= 11 is 4.69. The minimum absolute atomic E-state index is 0.362. The highest BCUT2D eigenvalue weighted by atomic mass is 79.9. The number of nitrogens with one attached hydrogen (secondary N) is 1. The van der Waals surface area contributed by atoms with Gasteiger partial charge in [0, 0.05) is 12.4 Å². The number of nitrogens with zero attached hydrogens (tertiary/aromatic N) is 2. The van der Waals surface area contributed by atoms with Gasteiger partial charge in [0.15, 0.2) is 5.49 Å². The SMILES string of the molecule is C=Cn1cc(Br)nc(SC)c1=N. The van der Waals surface area contributed by atoms with Crippen molar-refractivity contribution in [3.63, 3.8) is 0 Å². The van der Waals surface area contributed by atoms with Crippen molar-refractivity contribution < 1.29 is 0 Å². The van der Waals surface area contributed by atoms with Gasteiger partial charge >= 0.3 is 0 Å². The molecule has 0 aliphatic rings. The summed E-state index contributed by atoms with van der Waals surface area (Å²) in [6.07, 6.45) is 5.17. The zero-order chi connectivity index (χ0) is 9.14. The molecule has 0 aliphatic carbocycles. The van der Waals surface area contributed by atoms with Crippen LogP contribution < -0.4 is 5.49 Å². The lowest BCUT2D eigenvalue weighted by Gasteiger charge is -2.03. The van der Waals surface area contributed by atoms with Gasteiger partial charge in [0.05, 0.1) is 0 Å². The first-order chi connectivity index (χ1) is 5.69. The molecule has 0 spiro atoms. The lowest BCUT2D eigenvalue weighted by Crippen LogP contribution is -2.18. The van der Waals surface area contributed by atoms with E-state index >= 15 is 0 Å². The van der Waals surface area contributed by atoms with Crippen LogP contribution in [0.3, 0.4) is 0 Å². The van der Waals surface area contributed by atoms with Gasteiger partial charge in [-0.25, -0.2) is 4.98 Å². The fourth-order valence-corrected chi connectivity index (χ4v) is 1.76. The van der Waals surface area contributed by atoms with Crippen molar-refractivity contribution in [2.45, 2.75) is 5.03 Å². The minimum Gasteiger partial charge on any atom is -0.305 e. The van der Waals surface area contributed by atoms with Crippen molar-refractivity contribution in [3.8, 4) is 0 Å². The number of hydrogen-bond acceptors (Lipinski definition) is 3. The molecule has 0 bridgehead atoms. The Hall–Kier alpha value is -0.550. The Morgan fingerprint density at radius 1 is 1.83 bits per heavy atom. The summed E-state index contributed by atoms with van der Waals surface area (Å²) < 4.78 is 2.32. The van der Waals surface area contributed by atoms with E-state index in [0.717, 1.165) is 0 Å². The maximum Gasteiger partial charge on any atom is 0.162 e.